The highest BCUT2D eigenvalue weighted by Gasteiger charge is 2.28. The molecule has 3 aromatic carbocycles. The van der Waals surface area contributed by atoms with Gasteiger partial charge in [0.15, 0.2) is 0 Å². The molecule has 4 rings (SSSR count). The van der Waals surface area contributed by atoms with Gasteiger partial charge in [-0.15, -0.1) is 0 Å². The molecular weight excluding hydrogens is 373 g/mol. The predicted molar refractivity (Wildman–Crippen MR) is 112 cm³/mol. The van der Waals surface area contributed by atoms with E-state index in [9.17, 15) is 19.1 Å². The molecule has 1 heterocycles. The molecule has 1 aliphatic heterocycles. The zero-order valence-corrected chi connectivity index (χ0v) is 15.9. The normalized spacial score (nSPS) is 14.4. The van der Waals surface area contributed by atoms with Crippen LogP contribution in [0.5, 0.6) is 5.75 Å². The maximum absolute atomic E-state index is 13.1. The summed E-state index contributed by atoms with van der Waals surface area (Å²) in [5.74, 6) is -0.0506. The van der Waals surface area contributed by atoms with Gasteiger partial charge in [0.1, 0.15) is 22.9 Å². The van der Waals surface area contributed by atoms with Crippen molar-refractivity contribution < 1.29 is 9.50 Å². The third-order valence-electron chi connectivity index (χ3n) is 5.32. The Bertz CT molecular complexity index is 1050. The minimum absolute atomic E-state index is 0.214. The van der Waals surface area contributed by atoms with Crippen molar-refractivity contribution in [3.8, 4) is 5.75 Å². The number of hydrogen-bond acceptors (Lipinski definition) is 6. The van der Waals surface area contributed by atoms with E-state index in [1.165, 1.54) is 12.1 Å². The Morgan fingerprint density at radius 3 is 2.14 bits per heavy atom. The summed E-state index contributed by atoms with van der Waals surface area (Å²) in [6.07, 6.45) is 0.677. The number of hydrogen-bond donors (Lipinski definition) is 2. The summed E-state index contributed by atoms with van der Waals surface area (Å²) in [7, 11) is 0. The van der Waals surface area contributed by atoms with Gasteiger partial charge >= 0.3 is 0 Å². The topological polar surface area (TPSA) is 72.9 Å². The summed E-state index contributed by atoms with van der Waals surface area (Å²) in [4.78, 5) is 28.3. The first-order valence-electron chi connectivity index (χ1n) is 9.63. The quantitative estimate of drug-likeness (QED) is 0.623. The molecule has 2 N–H and O–H groups in total. The number of benzene rings is 2. The Balaban J connectivity index is 1.36. The van der Waals surface area contributed by atoms with E-state index >= 15 is 0 Å². The monoisotopic (exact) mass is 395 g/mol. The molecule has 150 valence electrons. The Hall–Kier alpha value is -3.35. The van der Waals surface area contributed by atoms with Gasteiger partial charge in [0, 0.05) is 38.4 Å². The number of nitrogens with one attached hydrogen (secondary N) is 1. The van der Waals surface area contributed by atoms with Crippen LogP contribution in [0, 0.1) is 5.82 Å². The molecule has 0 aromatic heterocycles. The summed E-state index contributed by atoms with van der Waals surface area (Å²) in [5.41, 5.74) is 1.94. The van der Waals surface area contributed by atoms with E-state index in [1.54, 1.807) is 24.3 Å². The number of nitrogens with zero attached hydrogens (tertiary/aromatic N) is 2. The summed E-state index contributed by atoms with van der Waals surface area (Å²) in [5, 5.41) is 12.4. The van der Waals surface area contributed by atoms with E-state index in [2.05, 4.69) is 10.2 Å². The third kappa shape index (κ3) is 3.94. The van der Waals surface area contributed by atoms with Crippen molar-refractivity contribution in [1.29, 1.82) is 0 Å². The molecule has 0 atom stereocenters. The molecule has 1 aliphatic rings. The van der Waals surface area contributed by atoms with Crippen LogP contribution in [-0.4, -0.2) is 37.8 Å². The lowest BCUT2D eigenvalue weighted by Crippen LogP contribution is -2.51. The lowest BCUT2D eigenvalue weighted by molar-refractivity contribution is 0.475. The number of rotatable bonds is 6. The average molecular weight is 395 g/mol. The average Bonchev–Trinajstić information content (AvgIpc) is 2.75. The molecule has 0 bridgehead atoms. The number of halogens is 1. The van der Waals surface area contributed by atoms with Crippen LogP contribution in [0.3, 0.4) is 0 Å². The molecule has 6 nitrogen and oxygen atoms in total. The van der Waals surface area contributed by atoms with E-state index < -0.39 is 10.9 Å². The molecule has 0 saturated carbocycles. The zero-order chi connectivity index (χ0) is 20.4. The van der Waals surface area contributed by atoms with E-state index in [0.29, 0.717) is 50.5 Å². The fraction of sp³-hybridized carbons (Fsp3) is 0.273. The number of phenols is 1. The molecule has 29 heavy (non-hydrogen) atoms. The first kappa shape index (κ1) is 19.0. The van der Waals surface area contributed by atoms with Crippen molar-refractivity contribution in [2.45, 2.75) is 6.42 Å². The van der Waals surface area contributed by atoms with Crippen molar-refractivity contribution in [3.05, 3.63) is 80.4 Å². The third-order valence-corrected chi connectivity index (χ3v) is 5.32. The van der Waals surface area contributed by atoms with E-state index in [0.717, 1.165) is 11.3 Å². The van der Waals surface area contributed by atoms with Gasteiger partial charge in [-0.05, 0) is 48.4 Å². The first-order chi connectivity index (χ1) is 14.0. The Morgan fingerprint density at radius 2 is 1.48 bits per heavy atom. The second-order valence-electron chi connectivity index (χ2n) is 7.18. The van der Waals surface area contributed by atoms with Gasteiger partial charge in [0.25, 0.3) is 10.9 Å². The smallest absolute Gasteiger partial charge is 0.253 e. The maximum atomic E-state index is 13.1. The van der Waals surface area contributed by atoms with Crippen molar-refractivity contribution in [1.82, 2.24) is 0 Å². The molecule has 0 aliphatic carbocycles. The zero-order valence-electron chi connectivity index (χ0n) is 15.9. The summed E-state index contributed by atoms with van der Waals surface area (Å²) < 4.78 is 13.1. The number of aromatic hydroxyl groups is 1. The van der Waals surface area contributed by atoms with Gasteiger partial charge in [-0.2, -0.15) is 0 Å². The molecule has 3 aromatic rings. The van der Waals surface area contributed by atoms with Crippen molar-refractivity contribution in [2.24, 2.45) is 0 Å². The predicted octanol–water partition coefficient (Wildman–Crippen LogP) is 2.11. The van der Waals surface area contributed by atoms with E-state index in [4.69, 9.17) is 0 Å². The van der Waals surface area contributed by atoms with E-state index in [-0.39, 0.29) is 11.6 Å². The van der Waals surface area contributed by atoms with Gasteiger partial charge < -0.3 is 20.2 Å². The second kappa shape index (κ2) is 7.95. The lowest BCUT2D eigenvalue weighted by Gasteiger charge is -2.38. The number of anilines is 3. The maximum Gasteiger partial charge on any atom is 0.253 e. The van der Waals surface area contributed by atoms with Crippen LogP contribution in [0.15, 0.2) is 58.1 Å². The number of phenolic OH excluding ortho intramolecular Hbond substituents is 1. The van der Waals surface area contributed by atoms with Gasteiger partial charge in [0.05, 0.1) is 0 Å². The fourth-order valence-electron chi connectivity index (χ4n) is 3.68. The molecule has 0 unspecified atom stereocenters. The molecule has 1 saturated heterocycles. The molecule has 0 spiro atoms. The van der Waals surface area contributed by atoms with Crippen molar-refractivity contribution in [2.75, 3.05) is 47.8 Å². The van der Waals surface area contributed by atoms with Crippen LogP contribution >= 0.6 is 0 Å². The van der Waals surface area contributed by atoms with Crippen molar-refractivity contribution >= 4 is 17.1 Å². The Kier molecular flexibility index (Phi) is 5.20. The fourth-order valence-corrected chi connectivity index (χ4v) is 3.68. The largest absolute Gasteiger partial charge is 0.508 e. The van der Waals surface area contributed by atoms with Crippen LogP contribution < -0.4 is 26.0 Å². The van der Waals surface area contributed by atoms with Gasteiger partial charge in [0.2, 0.25) is 0 Å². The minimum Gasteiger partial charge on any atom is -0.508 e. The summed E-state index contributed by atoms with van der Waals surface area (Å²) >= 11 is 0. The highest BCUT2D eigenvalue weighted by molar-refractivity contribution is 5.75. The summed E-state index contributed by atoms with van der Waals surface area (Å²) in [6.45, 7) is 3.15. The molecule has 0 radical (unpaired) electrons. The Labute approximate surface area is 167 Å². The van der Waals surface area contributed by atoms with Gasteiger partial charge in [-0.3, -0.25) is 9.59 Å². The minimum atomic E-state index is -0.466. The van der Waals surface area contributed by atoms with Crippen LogP contribution in [0.25, 0.3) is 0 Å². The van der Waals surface area contributed by atoms with E-state index in [1.807, 2.05) is 17.0 Å². The lowest BCUT2D eigenvalue weighted by atomic mass is 10.1. The van der Waals surface area contributed by atoms with Crippen LogP contribution in [0.4, 0.5) is 21.5 Å². The SMILES string of the molecule is O=c1c(NCCc2ccc(O)cc2)c(N2CCN(c3ccc(F)cc3)CC2)c1=O. The van der Waals surface area contributed by atoms with Crippen LogP contribution in [0.2, 0.25) is 0 Å². The number of piperazine rings is 1. The highest BCUT2D eigenvalue weighted by Crippen LogP contribution is 2.24. The van der Waals surface area contributed by atoms with Gasteiger partial charge in [-0.1, -0.05) is 12.1 Å². The molecule has 7 heteroatoms. The summed E-state index contributed by atoms with van der Waals surface area (Å²) in [6, 6.07) is 13.3. The van der Waals surface area contributed by atoms with Crippen LogP contribution in [-0.2, 0) is 6.42 Å². The first-order valence-corrected chi connectivity index (χ1v) is 9.63. The van der Waals surface area contributed by atoms with Gasteiger partial charge in [-0.25, -0.2) is 4.39 Å². The molecular formula is C22H22FN3O3. The highest BCUT2D eigenvalue weighted by atomic mass is 19.1. The Morgan fingerprint density at radius 1 is 0.862 bits per heavy atom. The standard InChI is InChI=1S/C22H22FN3O3/c23-16-3-5-17(6-4-16)25-11-13-26(14-12-25)20-19(21(28)22(20)29)24-10-9-15-1-7-18(27)8-2-15/h1-8,24,27H,9-14H2. The molecule has 1 fully saturated rings. The molecule has 0 amide bonds. The van der Waals surface area contributed by atoms with Crippen molar-refractivity contribution in [3.63, 3.8) is 0 Å². The van der Waals surface area contributed by atoms with Crippen LogP contribution in [0.1, 0.15) is 5.56 Å². The second-order valence-corrected chi connectivity index (χ2v) is 7.18.